The van der Waals surface area contributed by atoms with Crippen molar-refractivity contribution in [3.63, 3.8) is 0 Å². The van der Waals surface area contributed by atoms with Crippen molar-refractivity contribution in [2.75, 3.05) is 10.6 Å². The maximum absolute atomic E-state index is 12.5. The van der Waals surface area contributed by atoms with Crippen molar-refractivity contribution in [2.24, 2.45) is 0 Å². The zero-order valence-corrected chi connectivity index (χ0v) is 12.8. The summed E-state index contributed by atoms with van der Waals surface area (Å²) in [5.74, 6) is 0.337. The Kier molecular flexibility index (Phi) is 4.34. The van der Waals surface area contributed by atoms with Crippen LogP contribution >= 0.6 is 0 Å². The summed E-state index contributed by atoms with van der Waals surface area (Å²) in [7, 11) is 0. The second kappa shape index (κ2) is 6.75. The minimum atomic E-state index is -0.194. The van der Waals surface area contributed by atoms with Crippen molar-refractivity contribution >= 4 is 23.1 Å². The van der Waals surface area contributed by atoms with Crippen LogP contribution in [0.1, 0.15) is 15.9 Å². The molecule has 4 nitrogen and oxygen atoms in total. The minimum absolute atomic E-state index is 0.194. The van der Waals surface area contributed by atoms with Gasteiger partial charge in [0, 0.05) is 17.6 Å². The maximum Gasteiger partial charge on any atom is 0.259 e. The normalized spacial score (nSPS) is 10.1. The van der Waals surface area contributed by atoms with E-state index in [4.69, 9.17) is 0 Å². The molecule has 0 aliphatic rings. The number of rotatable bonds is 4. The first-order valence-electron chi connectivity index (χ1n) is 7.37. The molecule has 0 aliphatic heterocycles. The second-order valence-corrected chi connectivity index (χ2v) is 5.21. The molecule has 0 aliphatic carbocycles. The molecule has 3 aromatic rings. The van der Waals surface area contributed by atoms with E-state index >= 15 is 0 Å². The Bertz CT molecular complexity index is 798. The largest absolute Gasteiger partial charge is 0.340 e. The summed E-state index contributed by atoms with van der Waals surface area (Å²) in [5.41, 5.74) is 3.29. The first kappa shape index (κ1) is 14.8. The van der Waals surface area contributed by atoms with Crippen LogP contribution in [0.3, 0.4) is 0 Å². The van der Waals surface area contributed by atoms with Crippen LogP contribution in [-0.4, -0.2) is 10.9 Å². The van der Waals surface area contributed by atoms with E-state index in [0.717, 1.165) is 16.9 Å². The fourth-order valence-electron chi connectivity index (χ4n) is 2.18. The lowest BCUT2D eigenvalue weighted by atomic mass is 10.2. The van der Waals surface area contributed by atoms with Crippen molar-refractivity contribution in [3.8, 4) is 0 Å². The lowest BCUT2D eigenvalue weighted by Crippen LogP contribution is -2.14. The summed E-state index contributed by atoms with van der Waals surface area (Å²) >= 11 is 0. The number of hydrogen-bond donors (Lipinski definition) is 2. The molecule has 4 heteroatoms. The van der Waals surface area contributed by atoms with Gasteiger partial charge < -0.3 is 10.6 Å². The number of amides is 1. The van der Waals surface area contributed by atoms with Crippen LogP contribution in [-0.2, 0) is 0 Å². The number of pyridine rings is 1. The van der Waals surface area contributed by atoms with Gasteiger partial charge in [0.25, 0.3) is 5.91 Å². The quantitative estimate of drug-likeness (QED) is 0.751. The summed E-state index contributed by atoms with van der Waals surface area (Å²) in [5, 5.41) is 6.07. The summed E-state index contributed by atoms with van der Waals surface area (Å²) < 4.78 is 0. The van der Waals surface area contributed by atoms with Crippen LogP contribution in [0, 0.1) is 6.92 Å². The molecule has 1 aromatic heterocycles. The molecule has 3 rings (SSSR count). The van der Waals surface area contributed by atoms with E-state index in [1.54, 1.807) is 18.3 Å². The van der Waals surface area contributed by atoms with Gasteiger partial charge in [0.1, 0.15) is 5.82 Å². The Balaban J connectivity index is 1.82. The summed E-state index contributed by atoms with van der Waals surface area (Å²) in [6.07, 6.45) is 1.66. The highest BCUT2D eigenvalue weighted by Gasteiger charge is 2.12. The predicted molar refractivity (Wildman–Crippen MR) is 93.1 cm³/mol. The van der Waals surface area contributed by atoms with E-state index in [-0.39, 0.29) is 5.91 Å². The van der Waals surface area contributed by atoms with Gasteiger partial charge in [-0.25, -0.2) is 4.98 Å². The Morgan fingerprint density at radius 2 is 1.61 bits per heavy atom. The van der Waals surface area contributed by atoms with Gasteiger partial charge in [-0.1, -0.05) is 35.9 Å². The monoisotopic (exact) mass is 303 g/mol. The first-order chi connectivity index (χ1) is 11.2. The Labute approximate surface area is 135 Å². The highest BCUT2D eigenvalue weighted by atomic mass is 16.1. The number of carbonyl (C=O) groups excluding carboxylic acids is 1. The third-order valence-electron chi connectivity index (χ3n) is 3.40. The molecule has 0 bridgehead atoms. The zero-order valence-electron chi connectivity index (χ0n) is 12.8. The molecule has 114 valence electrons. The van der Waals surface area contributed by atoms with Gasteiger partial charge in [0.15, 0.2) is 0 Å². The molecule has 2 N–H and O–H groups in total. The van der Waals surface area contributed by atoms with Crippen LogP contribution in [0.2, 0.25) is 0 Å². The lowest BCUT2D eigenvalue weighted by molar-refractivity contribution is 0.102. The summed E-state index contributed by atoms with van der Waals surface area (Å²) in [6.45, 7) is 2.01. The molecule has 1 amide bonds. The van der Waals surface area contributed by atoms with Crippen molar-refractivity contribution < 1.29 is 4.79 Å². The molecular weight excluding hydrogens is 286 g/mol. The Hall–Kier alpha value is -3.14. The number of para-hydroxylation sites is 1. The minimum Gasteiger partial charge on any atom is -0.340 e. The molecule has 1 heterocycles. The van der Waals surface area contributed by atoms with E-state index in [1.165, 1.54) is 0 Å². The van der Waals surface area contributed by atoms with Crippen molar-refractivity contribution in [1.29, 1.82) is 0 Å². The molecule has 2 aromatic carbocycles. The van der Waals surface area contributed by atoms with E-state index in [2.05, 4.69) is 15.6 Å². The average molecular weight is 303 g/mol. The van der Waals surface area contributed by atoms with Crippen molar-refractivity contribution in [2.45, 2.75) is 6.92 Å². The SMILES string of the molecule is Cc1ccc(NC(=O)c2cccnc2Nc2ccccc2)cc1. The number of nitrogens with zero attached hydrogens (tertiary/aromatic N) is 1. The molecule has 0 spiro atoms. The van der Waals surface area contributed by atoms with E-state index in [9.17, 15) is 4.79 Å². The van der Waals surface area contributed by atoms with Crippen molar-refractivity contribution in [3.05, 3.63) is 84.1 Å². The van der Waals surface area contributed by atoms with Crippen molar-refractivity contribution in [1.82, 2.24) is 4.98 Å². The number of aromatic nitrogens is 1. The number of carbonyl (C=O) groups is 1. The number of nitrogens with one attached hydrogen (secondary N) is 2. The third-order valence-corrected chi connectivity index (χ3v) is 3.40. The van der Waals surface area contributed by atoms with Crippen LogP contribution < -0.4 is 10.6 Å². The first-order valence-corrected chi connectivity index (χ1v) is 7.37. The summed E-state index contributed by atoms with van der Waals surface area (Å²) in [4.78, 5) is 16.8. The topological polar surface area (TPSA) is 54.0 Å². The standard InChI is InChI=1S/C19H17N3O/c1-14-9-11-16(12-10-14)22-19(23)17-8-5-13-20-18(17)21-15-6-3-2-4-7-15/h2-13H,1H3,(H,20,21)(H,22,23). The van der Waals surface area contributed by atoms with Gasteiger partial charge in [-0.3, -0.25) is 4.79 Å². The number of anilines is 3. The van der Waals surface area contributed by atoms with Gasteiger partial charge >= 0.3 is 0 Å². The van der Waals surface area contributed by atoms with E-state index in [1.807, 2.05) is 61.5 Å². The Morgan fingerprint density at radius 3 is 2.35 bits per heavy atom. The molecule has 0 radical (unpaired) electrons. The maximum atomic E-state index is 12.5. The number of hydrogen-bond acceptors (Lipinski definition) is 3. The molecule has 0 saturated heterocycles. The Morgan fingerprint density at radius 1 is 0.870 bits per heavy atom. The molecule has 0 unspecified atom stereocenters. The van der Waals surface area contributed by atoms with Crippen LogP contribution in [0.5, 0.6) is 0 Å². The number of aryl methyl sites for hydroxylation is 1. The molecular formula is C19H17N3O. The molecule has 0 atom stereocenters. The fraction of sp³-hybridized carbons (Fsp3) is 0.0526. The van der Waals surface area contributed by atoms with Crippen LogP contribution in [0.4, 0.5) is 17.2 Å². The summed E-state index contributed by atoms with van der Waals surface area (Å²) in [6, 6.07) is 20.8. The third kappa shape index (κ3) is 3.74. The van der Waals surface area contributed by atoms with E-state index < -0.39 is 0 Å². The van der Waals surface area contributed by atoms with Gasteiger partial charge in [-0.2, -0.15) is 0 Å². The molecule has 0 saturated carbocycles. The van der Waals surface area contributed by atoms with E-state index in [0.29, 0.717) is 11.4 Å². The molecule has 0 fully saturated rings. The molecule has 23 heavy (non-hydrogen) atoms. The number of benzene rings is 2. The fourth-order valence-corrected chi connectivity index (χ4v) is 2.18. The van der Waals surface area contributed by atoms with Gasteiger partial charge in [0.2, 0.25) is 0 Å². The highest BCUT2D eigenvalue weighted by Crippen LogP contribution is 2.19. The van der Waals surface area contributed by atoms with Gasteiger partial charge in [-0.15, -0.1) is 0 Å². The van der Waals surface area contributed by atoms with Crippen LogP contribution in [0.25, 0.3) is 0 Å². The zero-order chi connectivity index (χ0) is 16.1. The predicted octanol–water partition coefficient (Wildman–Crippen LogP) is 4.39. The van der Waals surface area contributed by atoms with Gasteiger partial charge in [-0.05, 0) is 43.3 Å². The highest BCUT2D eigenvalue weighted by molar-refractivity contribution is 6.07. The lowest BCUT2D eigenvalue weighted by Gasteiger charge is -2.11. The van der Waals surface area contributed by atoms with Crippen LogP contribution in [0.15, 0.2) is 72.9 Å². The second-order valence-electron chi connectivity index (χ2n) is 5.21. The van der Waals surface area contributed by atoms with Gasteiger partial charge in [0.05, 0.1) is 5.56 Å². The average Bonchev–Trinajstić information content (AvgIpc) is 2.58. The smallest absolute Gasteiger partial charge is 0.259 e.